The Hall–Kier alpha value is -1.00. The zero-order chi connectivity index (χ0) is 11.4. The van der Waals surface area contributed by atoms with Crippen LogP contribution in [0.2, 0.25) is 0 Å². The van der Waals surface area contributed by atoms with Crippen LogP contribution in [0.1, 0.15) is 4.88 Å². The number of thioether (sulfide) groups is 1. The van der Waals surface area contributed by atoms with Gasteiger partial charge in [0.05, 0.1) is 0 Å². The van der Waals surface area contributed by atoms with Gasteiger partial charge in [-0.15, -0.1) is 23.1 Å². The van der Waals surface area contributed by atoms with Gasteiger partial charge in [-0.1, -0.05) is 6.07 Å². The molecular weight excluding hydrogens is 241 g/mol. The number of nitrogen functional groups attached to an aromatic ring is 1. The number of hydrogen-bond acceptors (Lipinski definition) is 3. The van der Waals surface area contributed by atoms with Gasteiger partial charge in [0, 0.05) is 21.2 Å². The van der Waals surface area contributed by atoms with Gasteiger partial charge >= 0.3 is 0 Å². The quantitative estimate of drug-likeness (QED) is 0.662. The molecule has 1 aromatic heterocycles. The number of rotatable bonds is 4. The molecule has 2 N–H and O–H groups in total. The third kappa shape index (κ3) is 3.00. The Morgan fingerprint density at radius 2 is 2.19 bits per heavy atom. The Bertz CT molecular complexity index is 454. The minimum absolute atomic E-state index is 0.229. The molecular formula is C12H12FNS2. The Kier molecular flexibility index (Phi) is 3.85. The van der Waals surface area contributed by atoms with Gasteiger partial charge in [-0.3, -0.25) is 0 Å². The van der Waals surface area contributed by atoms with Crippen LogP contribution in [0.5, 0.6) is 0 Å². The van der Waals surface area contributed by atoms with Crippen molar-refractivity contribution in [2.45, 2.75) is 11.3 Å². The minimum Gasteiger partial charge on any atom is -0.398 e. The number of halogens is 1. The number of benzene rings is 1. The molecule has 0 bridgehead atoms. The molecule has 0 saturated heterocycles. The minimum atomic E-state index is -0.229. The van der Waals surface area contributed by atoms with E-state index in [1.54, 1.807) is 29.2 Å². The molecule has 2 aromatic rings. The molecule has 0 atom stereocenters. The van der Waals surface area contributed by atoms with Gasteiger partial charge in [0.15, 0.2) is 0 Å². The summed E-state index contributed by atoms with van der Waals surface area (Å²) in [5, 5.41) is 2.07. The molecule has 0 spiro atoms. The molecule has 2 rings (SSSR count). The summed E-state index contributed by atoms with van der Waals surface area (Å²) < 4.78 is 13.0. The van der Waals surface area contributed by atoms with E-state index in [9.17, 15) is 4.39 Å². The second-order valence-electron chi connectivity index (χ2n) is 3.36. The number of aryl methyl sites for hydroxylation is 1. The lowest BCUT2D eigenvalue weighted by molar-refractivity contribution is 0.624. The van der Waals surface area contributed by atoms with E-state index in [1.165, 1.54) is 17.0 Å². The maximum atomic E-state index is 13.0. The second-order valence-corrected chi connectivity index (χ2v) is 5.53. The topological polar surface area (TPSA) is 26.0 Å². The summed E-state index contributed by atoms with van der Waals surface area (Å²) in [6, 6.07) is 8.65. The average Bonchev–Trinajstić information content (AvgIpc) is 2.76. The van der Waals surface area contributed by atoms with E-state index in [2.05, 4.69) is 11.4 Å². The second kappa shape index (κ2) is 5.37. The molecule has 1 heterocycles. The van der Waals surface area contributed by atoms with Crippen molar-refractivity contribution >= 4 is 28.8 Å². The van der Waals surface area contributed by atoms with Crippen molar-refractivity contribution in [2.75, 3.05) is 11.5 Å². The predicted molar refractivity (Wildman–Crippen MR) is 69.6 cm³/mol. The Morgan fingerprint density at radius 3 is 2.94 bits per heavy atom. The summed E-state index contributed by atoms with van der Waals surface area (Å²) in [5.41, 5.74) is 6.41. The normalized spacial score (nSPS) is 10.6. The lowest BCUT2D eigenvalue weighted by Crippen LogP contribution is -1.91. The van der Waals surface area contributed by atoms with Crippen molar-refractivity contribution in [3.8, 4) is 0 Å². The smallest absolute Gasteiger partial charge is 0.124 e. The van der Waals surface area contributed by atoms with E-state index in [-0.39, 0.29) is 5.82 Å². The van der Waals surface area contributed by atoms with Gasteiger partial charge < -0.3 is 5.73 Å². The summed E-state index contributed by atoms with van der Waals surface area (Å²) in [6.07, 6.45) is 0.998. The number of hydrogen-bond donors (Lipinski definition) is 1. The van der Waals surface area contributed by atoms with E-state index in [1.807, 2.05) is 6.07 Å². The average molecular weight is 253 g/mol. The Morgan fingerprint density at radius 1 is 1.31 bits per heavy atom. The van der Waals surface area contributed by atoms with Crippen molar-refractivity contribution in [3.63, 3.8) is 0 Å². The van der Waals surface area contributed by atoms with Crippen LogP contribution in [0.3, 0.4) is 0 Å². The predicted octanol–water partition coefficient (Wildman–Crippen LogP) is 3.80. The van der Waals surface area contributed by atoms with Gasteiger partial charge in [-0.25, -0.2) is 4.39 Å². The number of nitrogens with two attached hydrogens (primary N) is 1. The fraction of sp³-hybridized carbons (Fsp3) is 0.167. The van der Waals surface area contributed by atoms with Gasteiger partial charge in [-0.05, 0) is 36.1 Å². The van der Waals surface area contributed by atoms with Crippen LogP contribution in [0, 0.1) is 5.82 Å². The molecule has 0 aliphatic carbocycles. The maximum Gasteiger partial charge on any atom is 0.124 e. The molecule has 0 saturated carbocycles. The lowest BCUT2D eigenvalue weighted by Gasteiger charge is -2.04. The number of anilines is 1. The van der Waals surface area contributed by atoms with Crippen molar-refractivity contribution in [1.82, 2.24) is 0 Å². The molecule has 0 fully saturated rings. The molecule has 0 amide bonds. The molecule has 0 unspecified atom stereocenters. The lowest BCUT2D eigenvalue weighted by atomic mass is 10.3. The molecule has 0 radical (unpaired) electrons. The number of thiophene rings is 1. The van der Waals surface area contributed by atoms with Crippen LogP contribution >= 0.6 is 23.1 Å². The molecule has 0 aliphatic rings. The van der Waals surface area contributed by atoms with Crippen LogP contribution in [0.25, 0.3) is 0 Å². The standard InChI is InChI=1S/C12H12FNS2/c13-9-3-4-11(14)12(8-9)16-7-5-10-2-1-6-15-10/h1-4,6,8H,5,7,14H2. The van der Waals surface area contributed by atoms with Gasteiger partial charge in [0.1, 0.15) is 5.82 Å². The zero-order valence-corrected chi connectivity index (χ0v) is 10.3. The van der Waals surface area contributed by atoms with Crippen LogP contribution in [-0.2, 0) is 6.42 Å². The molecule has 0 aliphatic heterocycles. The van der Waals surface area contributed by atoms with Gasteiger partial charge in [0.25, 0.3) is 0 Å². The summed E-state index contributed by atoms with van der Waals surface area (Å²) >= 11 is 3.35. The van der Waals surface area contributed by atoms with Gasteiger partial charge in [0.2, 0.25) is 0 Å². The summed E-state index contributed by atoms with van der Waals surface area (Å²) in [5.74, 6) is 0.696. The fourth-order valence-electron chi connectivity index (χ4n) is 1.35. The van der Waals surface area contributed by atoms with Crippen LogP contribution in [-0.4, -0.2) is 5.75 Å². The maximum absolute atomic E-state index is 13.0. The molecule has 1 aromatic carbocycles. The van der Waals surface area contributed by atoms with E-state index in [0.29, 0.717) is 5.69 Å². The Balaban J connectivity index is 1.92. The largest absolute Gasteiger partial charge is 0.398 e. The third-order valence-electron chi connectivity index (χ3n) is 2.16. The van der Waals surface area contributed by atoms with Gasteiger partial charge in [-0.2, -0.15) is 0 Å². The monoisotopic (exact) mass is 253 g/mol. The van der Waals surface area contributed by atoms with E-state index < -0.39 is 0 Å². The Labute approximate surface area is 102 Å². The summed E-state index contributed by atoms with van der Waals surface area (Å²) in [4.78, 5) is 2.18. The molecule has 4 heteroatoms. The van der Waals surface area contributed by atoms with Crippen LogP contribution < -0.4 is 5.73 Å². The molecule has 84 valence electrons. The van der Waals surface area contributed by atoms with Crippen molar-refractivity contribution < 1.29 is 4.39 Å². The summed E-state index contributed by atoms with van der Waals surface area (Å²) in [6.45, 7) is 0. The molecule has 16 heavy (non-hydrogen) atoms. The molecule has 1 nitrogen and oxygen atoms in total. The highest BCUT2D eigenvalue weighted by molar-refractivity contribution is 7.99. The summed E-state index contributed by atoms with van der Waals surface area (Å²) in [7, 11) is 0. The highest BCUT2D eigenvalue weighted by atomic mass is 32.2. The van der Waals surface area contributed by atoms with E-state index in [0.717, 1.165) is 17.1 Å². The van der Waals surface area contributed by atoms with Crippen molar-refractivity contribution in [1.29, 1.82) is 0 Å². The highest BCUT2D eigenvalue weighted by Gasteiger charge is 2.02. The van der Waals surface area contributed by atoms with E-state index >= 15 is 0 Å². The van der Waals surface area contributed by atoms with Crippen LogP contribution in [0.15, 0.2) is 40.6 Å². The first-order chi connectivity index (χ1) is 7.75. The SMILES string of the molecule is Nc1ccc(F)cc1SCCc1cccs1. The van der Waals surface area contributed by atoms with Crippen LogP contribution in [0.4, 0.5) is 10.1 Å². The first-order valence-electron chi connectivity index (χ1n) is 4.96. The first kappa shape index (κ1) is 11.5. The van der Waals surface area contributed by atoms with Crippen molar-refractivity contribution in [3.05, 3.63) is 46.4 Å². The van der Waals surface area contributed by atoms with Crippen molar-refractivity contribution in [2.24, 2.45) is 0 Å². The first-order valence-corrected chi connectivity index (χ1v) is 6.82. The van der Waals surface area contributed by atoms with E-state index in [4.69, 9.17) is 5.73 Å². The fourth-order valence-corrected chi connectivity index (χ4v) is 3.16. The highest BCUT2D eigenvalue weighted by Crippen LogP contribution is 2.26. The third-order valence-corrected chi connectivity index (χ3v) is 4.17. The zero-order valence-electron chi connectivity index (χ0n) is 8.65.